The van der Waals surface area contributed by atoms with Crippen LogP contribution in [0.1, 0.15) is 46.5 Å². The van der Waals surface area contributed by atoms with Crippen molar-refractivity contribution in [2.75, 3.05) is 31.1 Å². The second-order valence-corrected chi connectivity index (χ2v) is 12.1. The van der Waals surface area contributed by atoms with Gasteiger partial charge in [0.15, 0.2) is 0 Å². The molecule has 3 fully saturated rings. The molecule has 2 aromatic rings. The third-order valence-electron chi connectivity index (χ3n) is 9.57. The largest absolute Gasteiger partial charge is 0.394 e. The Morgan fingerprint density at radius 3 is 2.45 bits per heavy atom. The quantitative estimate of drug-likeness (QED) is 0.382. The third kappa shape index (κ3) is 4.56. The maximum absolute atomic E-state index is 14.8. The van der Waals surface area contributed by atoms with Crippen molar-refractivity contribution >= 4 is 34.2 Å². The van der Waals surface area contributed by atoms with E-state index in [4.69, 9.17) is 4.74 Å². The molecule has 0 saturated carbocycles. The van der Waals surface area contributed by atoms with Gasteiger partial charge in [0, 0.05) is 25.3 Å². The number of carbonyl (C=O) groups excluding carboxylic acids is 3. The molecule has 224 valence electrons. The summed E-state index contributed by atoms with van der Waals surface area (Å²) < 4.78 is 6.83. The topological polar surface area (TPSA) is 90.4 Å². The number of rotatable bonds is 12. The van der Waals surface area contributed by atoms with E-state index in [1.807, 2.05) is 63.2 Å². The van der Waals surface area contributed by atoms with Gasteiger partial charge in [0.1, 0.15) is 11.6 Å². The van der Waals surface area contributed by atoms with E-state index >= 15 is 0 Å². The molecule has 2 unspecified atom stereocenters. The average molecular weight is 574 g/mol. The minimum absolute atomic E-state index is 0.137. The van der Waals surface area contributed by atoms with Gasteiger partial charge < -0.3 is 24.5 Å². The fourth-order valence-electron chi connectivity index (χ4n) is 7.68. The second-order valence-electron chi connectivity index (χ2n) is 12.1. The van der Waals surface area contributed by atoms with Crippen molar-refractivity contribution in [1.29, 1.82) is 0 Å². The van der Waals surface area contributed by atoms with Gasteiger partial charge in [-0.2, -0.15) is 0 Å². The summed E-state index contributed by atoms with van der Waals surface area (Å²) >= 11 is 0. The normalized spacial score (nSPS) is 28.5. The molecule has 2 bridgehead atoms. The summed E-state index contributed by atoms with van der Waals surface area (Å²) in [6, 6.07) is 12.2. The minimum Gasteiger partial charge on any atom is -0.394 e. The first-order valence-corrected chi connectivity index (χ1v) is 15.1. The lowest BCUT2D eigenvalue weighted by molar-refractivity contribution is -0.152. The molecule has 5 rings (SSSR count). The van der Waals surface area contributed by atoms with Crippen molar-refractivity contribution in [1.82, 2.24) is 9.80 Å². The molecule has 3 aliphatic heterocycles. The molecule has 3 aliphatic rings. The summed E-state index contributed by atoms with van der Waals surface area (Å²) in [5.41, 5.74) is -1.36. The molecule has 3 amide bonds. The van der Waals surface area contributed by atoms with E-state index in [1.165, 1.54) is 0 Å². The van der Waals surface area contributed by atoms with E-state index in [9.17, 15) is 19.5 Å². The smallest absolute Gasteiger partial charge is 0.253 e. The second kappa shape index (κ2) is 11.7. The fraction of sp³-hybridized carbons (Fsp3) is 0.500. The number of aliphatic hydroxyl groups is 1. The number of likely N-dealkylation sites (tertiary alicyclic amines) is 1. The average Bonchev–Trinajstić information content (AvgIpc) is 3.56. The Balaban J connectivity index is 1.62. The predicted octanol–water partition coefficient (Wildman–Crippen LogP) is 4.32. The Labute approximate surface area is 248 Å². The summed E-state index contributed by atoms with van der Waals surface area (Å²) in [6.07, 6.45) is 5.64. The highest BCUT2D eigenvalue weighted by Gasteiger charge is 2.78. The van der Waals surface area contributed by atoms with Crippen molar-refractivity contribution < 1.29 is 24.2 Å². The van der Waals surface area contributed by atoms with Gasteiger partial charge in [-0.05, 0) is 55.5 Å². The van der Waals surface area contributed by atoms with E-state index < -0.39 is 35.1 Å². The van der Waals surface area contributed by atoms with Crippen LogP contribution in [-0.4, -0.2) is 82.2 Å². The summed E-state index contributed by atoms with van der Waals surface area (Å²) in [6.45, 7) is 14.4. The summed E-state index contributed by atoms with van der Waals surface area (Å²) in [5, 5.41) is 12.4. The van der Waals surface area contributed by atoms with Crippen LogP contribution in [0, 0.1) is 11.8 Å². The van der Waals surface area contributed by atoms with Crippen LogP contribution < -0.4 is 4.90 Å². The van der Waals surface area contributed by atoms with Gasteiger partial charge in [0.05, 0.1) is 30.1 Å². The molecule has 0 aromatic heterocycles. The van der Waals surface area contributed by atoms with Crippen LogP contribution in [0.25, 0.3) is 10.8 Å². The number of benzene rings is 2. The molecule has 3 heterocycles. The summed E-state index contributed by atoms with van der Waals surface area (Å²) in [4.78, 5) is 48.4. The third-order valence-corrected chi connectivity index (χ3v) is 9.57. The number of hydrogen-bond donors (Lipinski definition) is 1. The van der Waals surface area contributed by atoms with Crippen molar-refractivity contribution in [3.63, 3.8) is 0 Å². The van der Waals surface area contributed by atoms with Crippen LogP contribution in [0.2, 0.25) is 0 Å². The Morgan fingerprint density at radius 1 is 1.10 bits per heavy atom. The monoisotopic (exact) mass is 573 g/mol. The first kappa shape index (κ1) is 30.0. The van der Waals surface area contributed by atoms with E-state index in [-0.39, 0.29) is 30.9 Å². The number of fused-ring (bicyclic) bond motifs is 2. The Bertz CT molecular complexity index is 1390. The molecule has 1 spiro atoms. The lowest BCUT2D eigenvalue weighted by Crippen LogP contribution is -2.59. The van der Waals surface area contributed by atoms with Gasteiger partial charge in [0.2, 0.25) is 11.8 Å². The van der Waals surface area contributed by atoms with Crippen molar-refractivity contribution in [2.24, 2.45) is 11.8 Å². The molecule has 0 radical (unpaired) electrons. The predicted molar refractivity (Wildman–Crippen MR) is 164 cm³/mol. The Kier molecular flexibility index (Phi) is 8.32. The lowest BCUT2D eigenvalue weighted by Gasteiger charge is -2.39. The zero-order valence-corrected chi connectivity index (χ0v) is 25.0. The van der Waals surface area contributed by atoms with Gasteiger partial charge in [-0.1, -0.05) is 56.3 Å². The van der Waals surface area contributed by atoms with Gasteiger partial charge >= 0.3 is 0 Å². The van der Waals surface area contributed by atoms with Gasteiger partial charge in [-0.15, -0.1) is 13.2 Å². The number of anilines is 1. The SMILES string of the molecule is C=CCN(CCC)C(=O)[C@@H]1[C@H]2C(=O)N([C@@H](CC)CO)C(C(=O)N(CC=C)c3ccc4ccccc4c3)C23CC[C@@]1(C)O3. The molecular weight excluding hydrogens is 530 g/mol. The number of aliphatic hydroxyl groups excluding tert-OH is 1. The zero-order valence-electron chi connectivity index (χ0n) is 25.0. The van der Waals surface area contributed by atoms with E-state index in [0.717, 1.165) is 17.2 Å². The maximum atomic E-state index is 14.8. The first-order valence-electron chi connectivity index (χ1n) is 15.1. The van der Waals surface area contributed by atoms with Crippen molar-refractivity contribution in [3.8, 4) is 0 Å². The lowest BCUT2D eigenvalue weighted by atomic mass is 9.66. The zero-order chi connectivity index (χ0) is 30.2. The molecule has 6 atom stereocenters. The van der Waals surface area contributed by atoms with Gasteiger partial charge in [-0.25, -0.2) is 0 Å². The van der Waals surface area contributed by atoms with Crippen LogP contribution >= 0.6 is 0 Å². The number of amides is 3. The highest BCUT2D eigenvalue weighted by atomic mass is 16.5. The maximum Gasteiger partial charge on any atom is 0.253 e. The fourth-order valence-corrected chi connectivity index (χ4v) is 7.68. The van der Waals surface area contributed by atoms with E-state index in [0.29, 0.717) is 38.0 Å². The molecule has 2 aromatic carbocycles. The molecule has 1 N–H and O–H groups in total. The van der Waals surface area contributed by atoms with Gasteiger partial charge in [0.25, 0.3) is 5.91 Å². The Morgan fingerprint density at radius 2 is 1.81 bits per heavy atom. The summed E-state index contributed by atoms with van der Waals surface area (Å²) in [7, 11) is 0. The van der Waals surface area contributed by atoms with Crippen LogP contribution in [-0.2, 0) is 19.1 Å². The number of ether oxygens (including phenoxy) is 1. The van der Waals surface area contributed by atoms with Gasteiger partial charge in [-0.3, -0.25) is 14.4 Å². The molecule has 3 saturated heterocycles. The standard InChI is InChI=1S/C34H43N3O5/c1-6-18-35(19-7-2)30(39)27-28-31(40)37(25(9-4)22-38)29(34(28)17-16-33(27,5)42-34)32(41)36(20-8-3)26-15-14-23-12-10-11-13-24(23)21-26/h6,8,10-15,21,25,27-29,38H,1,3,7,9,16-20,22H2,2,4-5H3/t25-,27-,28-,29?,33+,34?/m0/s1. The number of nitrogens with zero attached hydrogens (tertiary/aromatic N) is 3. The molecular formula is C34H43N3O5. The number of carbonyl (C=O) groups is 3. The Hall–Kier alpha value is -3.49. The molecule has 42 heavy (non-hydrogen) atoms. The first-order chi connectivity index (χ1) is 20.2. The van der Waals surface area contributed by atoms with Crippen molar-refractivity contribution in [3.05, 3.63) is 67.8 Å². The van der Waals surface area contributed by atoms with E-state index in [2.05, 4.69) is 13.2 Å². The van der Waals surface area contributed by atoms with Crippen molar-refractivity contribution in [2.45, 2.75) is 69.7 Å². The number of hydrogen-bond acceptors (Lipinski definition) is 5. The molecule has 8 nitrogen and oxygen atoms in total. The van der Waals surface area contributed by atoms with Crippen LogP contribution in [0.15, 0.2) is 67.8 Å². The van der Waals surface area contributed by atoms with Crippen LogP contribution in [0.3, 0.4) is 0 Å². The summed E-state index contributed by atoms with van der Waals surface area (Å²) in [5.74, 6) is -2.26. The highest BCUT2D eigenvalue weighted by Crippen LogP contribution is 2.64. The van der Waals surface area contributed by atoms with E-state index in [1.54, 1.807) is 26.9 Å². The minimum atomic E-state index is -1.17. The molecule has 0 aliphatic carbocycles. The highest BCUT2D eigenvalue weighted by molar-refractivity contribution is 6.06. The van der Waals surface area contributed by atoms with Crippen LogP contribution in [0.5, 0.6) is 0 Å². The molecule has 8 heteroatoms. The van der Waals surface area contributed by atoms with Crippen LogP contribution in [0.4, 0.5) is 5.69 Å².